The number of rotatable bonds is 2. The maximum Gasteiger partial charge on any atom is 0.245 e. The molecule has 2 aliphatic carbocycles. The Labute approximate surface area is 119 Å². The van der Waals surface area contributed by atoms with Crippen LogP contribution in [0.25, 0.3) is 0 Å². The first-order chi connectivity index (χ1) is 9.75. The van der Waals surface area contributed by atoms with Crippen LogP contribution in [-0.4, -0.2) is 60.0 Å². The van der Waals surface area contributed by atoms with Gasteiger partial charge in [0.2, 0.25) is 11.8 Å². The summed E-state index contributed by atoms with van der Waals surface area (Å²) in [4.78, 5) is 29.2. The first-order valence-corrected chi connectivity index (χ1v) is 7.94. The van der Waals surface area contributed by atoms with Crippen LogP contribution in [0.15, 0.2) is 0 Å². The van der Waals surface area contributed by atoms with Crippen molar-refractivity contribution >= 4 is 11.8 Å². The van der Waals surface area contributed by atoms with Gasteiger partial charge < -0.3 is 14.5 Å². The van der Waals surface area contributed by atoms with Gasteiger partial charge in [0.1, 0.15) is 6.04 Å². The van der Waals surface area contributed by atoms with Crippen LogP contribution in [0.5, 0.6) is 0 Å². The molecule has 2 bridgehead atoms. The summed E-state index contributed by atoms with van der Waals surface area (Å²) in [6, 6.07) is 0.169. The fraction of sp³-hybridized carbons (Fsp3) is 0.867. The van der Waals surface area contributed by atoms with Gasteiger partial charge in [0.05, 0.1) is 13.2 Å². The molecular weight excluding hydrogens is 256 g/mol. The highest BCUT2D eigenvalue weighted by Gasteiger charge is 2.54. The molecule has 0 radical (unpaired) electrons. The third-order valence-electron chi connectivity index (χ3n) is 5.34. The van der Waals surface area contributed by atoms with E-state index in [1.54, 1.807) is 0 Å². The van der Waals surface area contributed by atoms with Crippen molar-refractivity contribution in [2.75, 3.05) is 26.3 Å². The number of fused-ring (bicyclic) bond motifs is 2. The van der Waals surface area contributed by atoms with Crippen molar-refractivity contribution in [3.05, 3.63) is 0 Å². The summed E-state index contributed by atoms with van der Waals surface area (Å²) in [5.74, 6) is 1.05. The Morgan fingerprint density at radius 1 is 0.950 bits per heavy atom. The van der Waals surface area contributed by atoms with Crippen molar-refractivity contribution in [2.24, 2.45) is 11.8 Å². The highest BCUT2D eigenvalue weighted by atomic mass is 16.5. The molecule has 0 aromatic carbocycles. The topological polar surface area (TPSA) is 49.9 Å². The van der Waals surface area contributed by atoms with Crippen LogP contribution in [0.1, 0.15) is 32.1 Å². The van der Waals surface area contributed by atoms with E-state index in [-0.39, 0.29) is 23.8 Å². The highest BCUT2D eigenvalue weighted by molar-refractivity contribution is 5.91. The molecule has 2 saturated carbocycles. The molecule has 110 valence electrons. The van der Waals surface area contributed by atoms with E-state index in [0.29, 0.717) is 38.3 Å². The van der Waals surface area contributed by atoms with E-state index in [9.17, 15) is 9.59 Å². The fourth-order valence-electron chi connectivity index (χ4n) is 4.13. The second-order valence-corrected chi connectivity index (χ2v) is 6.63. The molecule has 2 heterocycles. The maximum absolute atomic E-state index is 12.8. The lowest BCUT2D eigenvalue weighted by Crippen LogP contribution is -2.56. The number of amides is 2. The van der Waals surface area contributed by atoms with Crippen LogP contribution in [0.4, 0.5) is 0 Å². The summed E-state index contributed by atoms with van der Waals surface area (Å²) in [5, 5.41) is 0. The summed E-state index contributed by atoms with van der Waals surface area (Å²) in [7, 11) is 0. The molecule has 20 heavy (non-hydrogen) atoms. The second kappa shape index (κ2) is 4.72. The molecule has 2 amide bonds. The van der Waals surface area contributed by atoms with Gasteiger partial charge >= 0.3 is 0 Å². The van der Waals surface area contributed by atoms with Crippen molar-refractivity contribution in [3.8, 4) is 0 Å². The maximum atomic E-state index is 12.8. The van der Waals surface area contributed by atoms with E-state index in [4.69, 9.17) is 4.74 Å². The summed E-state index contributed by atoms with van der Waals surface area (Å²) in [6.07, 6.45) is 5.28. The van der Waals surface area contributed by atoms with Crippen LogP contribution in [-0.2, 0) is 14.3 Å². The molecule has 4 rings (SSSR count). The minimum absolute atomic E-state index is 0.167. The molecule has 3 atom stereocenters. The lowest BCUT2D eigenvalue weighted by atomic mass is 9.96. The summed E-state index contributed by atoms with van der Waals surface area (Å²) in [5.41, 5.74) is 0. The minimum Gasteiger partial charge on any atom is -0.378 e. The number of hydrogen-bond donors (Lipinski definition) is 0. The van der Waals surface area contributed by atoms with Crippen molar-refractivity contribution in [1.29, 1.82) is 0 Å². The molecule has 4 fully saturated rings. The van der Waals surface area contributed by atoms with E-state index in [1.165, 1.54) is 0 Å². The minimum atomic E-state index is -0.167. The van der Waals surface area contributed by atoms with E-state index >= 15 is 0 Å². The van der Waals surface area contributed by atoms with Gasteiger partial charge in [0.25, 0.3) is 0 Å². The predicted molar refractivity (Wildman–Crippen MR) is 71.9 cm³/mol. The Kier molecular flexibility index (Phi) is 2.98. The zero-order chi connectivity index (χ0) is 13.7. The van der Waals surface area contributed by atoms with Gasteiger partial charge in [-0.2, -0.15) is 0 Å². The fourth-order valence-corrected chi connectivity index (χ4v) is 4.13. The number of hydrogen-bond acceptors (Lipinski definition) is 3. The van der Waals surface area contributed by atoms with Gasteiger partial charge in [0, 0.05) is 25.0 Å². The standard InChI is InChI=1S/C15H22N2O3/c18-14(10-1-2-10)17-12-4-3-11(9-12)13(17)15(19)16-5-7-20-8-6-16/h10-13H,1-9H2/t11-,12-,13-/m0/s1. The molecule has 0 spiro atoms. The molecule has 0 aromatic rings. The number of ether oxygens (including phenoxy) is 1. The van der Waals surface area contributed by atoms with Crippen molar-refractivity contribution < 1.29 is 14.3 Å². The molecule has 2 saturated heterocycles. The number of piperidine rings is 1. The lowest BCUT2D eigenvalue weighted by Gasteiger charge is -2.38. The van der Waals surface area contributed by atoms with E-state index in [1.807, 2.05) is 9.80 Å². The number of likely N-dealkylation sites (tertiary alicyclic amines) is 1. The van der Waals surface area contributed by atoms with Crippen LogP contribution in [0.2, 0.25) is 0 Å². The first kappa shape index (κ1) is 12.6. The Hall–Kier alpha value is -1.10. The molecule has 2 aliphatic heterocycles. The first-order valence-electron chi connectivity index (χ1n) is 7.94. The Bertz CT molecular complexity index is 429. The molecule has 0 unspecified atom stereocenters. The molecule has 4 aliphatic rings. The molecule has 0 aromatic heterocycles. The predicted octanol–water partition coefficient (Wildman–Crippen LogP) is 0.635. The Balaban J connectivity index is 1.54. The van der Waals surface area contributed by atoms with Gasteiger partial charge in [-0.05, 0) is 38.0 Å². The highest BCUT2D eigenvalue weighted by Crippen LogP contribution is 2.46. The SMILES string of the molecule is O=C([C@@H]1[C@H]2CC[C@@H](C2)N1C(=O)C1CC1)N1CCOCC1. The molecule has 5 nitrogen and oxygen atoms in total. The number of carbonyl (C=O) groups excluding carboxylic acids is 2. The summed E-state index contributed by atoms with van der Waals surface area (Å²) in [6.45, 7) is 2.61. The Morgan fingerprint density at radius 2 is 1.70 bits per heavy atom. The second-order valence-electron chi connectivity index (χ2n) is 6.63. The van der Waals surface area contributed by atoms with Crippen LogP contribution in [0, 0.1) is 11.8 Å². The third kappa shape index (κ3) is 1.94. The van der Waals surface area contributed by atoms with Crippen LogP contribution < -0.4 is 0 Å². The smallest absolute Gasteiger partial charge is 0.245 e. The average Bonchev–Trinajstić information content (AvgIpc) is 3.15. The normalized spacial score (nSPS) is 36.5. The van der Waals surface area contributed by atoms with Crippen LogP contribution in [0.3, 0.4) is 0 Å². The van der Waals surface area contributed by atoms with Crippen molar-refractivity contribution in [3.63, 3.8) is 0 Å². The zero-order valence-electron chi connectivity index (χ0n) is 11.8. The van der Waals surface area contributed by atoms with Gasteiger partial charge in [-0.25, -0.2) is 0 Å². The summed E-state index contributed by atoms with van der Waals surface area (Å²) < 4.78 is 5.32. The largest absolute Gasteiger partial charge is 0.378 e. The lowest BCUT2D eigenvalue weighted by molar-refractivity contribution is -0.151. The van der Waals surface area contributed by atoms with Crippen molar-refractivity contribution in [1.82, 2.24) is 9.80 Å². The van der Waals surface area contributed by atoms with Gasteiger partial charge in [-0.15, -0.1) is 0 Å². The average molecular weight is 278 g/mol. The van der Waals surface area contributed by atoms with Gasteiger partial charge in [-0.3, -0.25) is 9.59 Å². The third-order valence-corrected chi connectivity index (χ3v) is 5.34. The number of carbonyl (C=O) groups is 2. The monoisotopic (exact) mass is 278 g/mol. The molecular formula is C15H22N2O3. The molecule has 5 heteroatoms. The van der Waals surface area contributed by atoms with E-state index < -0.39 is 0 Å². The van der Waals surface area contributed by atoms with E-state index in [0.717, 1.165) is 32.1 Å². The quantitative estimate of drug-likeness (QED) is 0.744. The zero-order valence-corrected chi connectivity index (χ0v) is 11.8. The molecule has 0 N–H and O–H groups in total. The summed E-state index contributed by atoms with van der Waals surface area (Å²) >= 11 is 0. The number of morpholine rings is 1. The Morgan fingerprint density at radius 3 is 2.40 bits per heavy atom. The number of nitrogens with zero attached hydrogens (tertiary/aromatic N) is 2. The van der Waals surface area contributed by atoms with Gasteiger partial charge in [-0.1, -0.05) is 0 Å². The van der Waals surface area contributed by atoms with E-state index in [2.05, 4.69) is 0 Å². The van der Waals surface area contributed by atoms with Crippen molar-refractivity contribution in [2.45, 2.75) is 44.2 Å². The van der Waals surface area contributed by atoms with Gasteiger partial charge in [0.15, 0.2) is 0 Å². The van der Waals surface area contributed by atoms with Crippen LogP contribution >= 0.6 is 0 Å².